The Morgan fingerprint density at radius 1 is 1.44 bits per heavy atom. The van der Waals surface area contributed by atoms with Gasteiger partial charge in [-0.05, 0) is 37.4 Å². The summed E-state index contributed by atoms with van der Waals surface area (Å²) in [5.74, 6) is 0.256. The van der Waals surface area contributed by atoms with Gasteiger partial charge in [0.1, 0.15) is 11.3 Å². The van der Waals surface area contributed by atoms with Crippen LogP contribution in [-0.4, -0.2) is 17.7 Å². The van der Waals surface area contributed by atoms with E-state index in [4.69, 9.17) is 4.42 Å². The molecule has 1 aliphatic rings. The van der Waals surface area contributed by atoms with E-state index in [2.05, 4.69) is 5.32 Å². The highest BCUT2D eigenvalue weighted by Gasteiger charge is 2.16. The summed E-state index contributed by atoms with van der Waals surface area (Å²) in [7, 11) is 0. The van der Waals surface area contributed by atoms with E-state index in [0.717, 1.165) is 36.3 Å². The van der Waals surface area contributed by atoms with Crippen molar-refractivity contribution in [2.45, 2.75) is 31.7 Å². The van der Waals surface area contributed by atoms with E-state index >= 15 is 0 Å². The van der Waals surface area contributed by atoms with Crippen molar-refractivity contribution in [1.82, 2.24) is 5.32 Å². The first kappa shape index (κ1) is 11.7. The van der Waals surface area contributed by atoms with Gasteiger partial charge in [-0.2, -0.15) is 0 Å². The summed E-state index contributed by atoms with van der Waals surface area (Å²) < 4.78 is 5.79. The maximum atomic E-state index is 11.2. The minimum atomic E-state index is -0.322. The Morgan fingerprint density at radius 2 is 2.33 bits per heavy atom. The number of nitrogens with one attached hydrogen (secondary N) is 1. The largest absolute Gasteiger partial charge is 0.508 e. The zero-order valence-corrected chi connectivity index (χ0v) is 10.8. The van der Waals surface area contributed by atoms with Crippen LogP contribution in [0.2, 0.25) is 0 Å². The molecular weight excluding hydrogens is 250 g/mol. The Morgan fingerprint density at radius 3 is 3.11 bits per heavy atom. The zero-order valence-electron chi connectivity index (χ0n) is 9.94. The quantitative estimate of drug-likeness (QED) is 0.874. The van der Waals surface area contributed by atoms with Crippen LogP contribution in [0.5, 0.6) is 5.75 Å². The van der Waals surface area contributed by atoms with Crippen LogP contribution in [0.25, 0.3) is 10.3 Å². The molecule has 1 unspecified atom stereocenters. The fourth-order valence-corrected chi connectivity index (χ4v) is 3.16. The summed E-state index contributed by atoms with van der Waals surface area (Å²) in [6, 6.07) is 3.83. The van der Waals surface area contributed by atoms with Crippen molar-refractivity contribution >= 4 is 21.6 Å². The van der Waals surface area contributed by atoms with Crippen molar-refractivity contribution < 1.29 is 9.52 Å². The van der Waals surface area contributed by atoms with Gasteiger partial charge in [-0.25, -0.2) is 4.79 Å². The second-order valence-electron chi connectivity index (χ2n) is 4.73. The predicted molar refractivity (Wildman–Crippen MR) is 71.4 cm³/mol. The molecule has 1 fully saturated rings. The van der Waals surface area contributed by atoms with Crippen LogP contribution in [0, 0.1) is 0 Å². The summed E-state index contributed by atoms with van der Waals surface area (Å²) in [6.07, 6.45) is 4.36. The van der Waals surface area contributed by atoms with Crippen LogP contribution in [0.4, 0.5) is 0 Å². The molecule has 0 spiro atoms. The van der Waals surface area contributed by atoms with Crippen molar-refractivity contribution in [1.29, 1.82) is 0 Å². The van der Waals surface area contributed by atoms with Crippen molar-refractivity contribution in [2.75, 3.05) is 6.54 Å². The molecule has 2 N–H and O–H groups in total. The van der Waals surface area contributed by atoms with Crippen LogP contribution in [0.3, 0.4) is 0 Å². The minimum absolute atomic E-state index is 0.256. The summed E-state index contributed by atoms with van der Waals surface area (Å²) in [4.78, 5) is 10.8. The lowest BCUT2D eigenvalue weighted by atomic mass is 9.97. The normalized spacial score (nSPS) is 20.3. The fraction of sp³-hybridized carbons (Fsp3) is 0.462. The van der Waals surface area contributed by atoms with E-state index in [9.17, 15) is 9.90 Å². The van der Waals surface area contributed by atoms with E-state index in [1.165, 1.54) is 12.8 Å². The molecule has 96 valence electrons. The molecule has 1 saturated heterocycles. The monoisotopic (exact) mass is 265 g/mol. The number of piperidine rings is 1. The highest BCUT2D eigenvalue weighted by atomic mass is 32.1. The third-order valence-electron chi connectivity index (χ3n) is 3.41. The van der Waals surface area contributed by atoms with Crippen LogP contribution in [0.15, 0.2) is 21.3 Å². The Labute approximate surface area is 108 Å². The molecule has 1 aliphatic heterocycles. The van der Waals surface area contributed by atoms with Gasteiger partial charge in [0.15, 0.2) is 0 Å². The van der Waals surface area contributed by atoms with Crippen LogP contribution >= 0.6 is 11.3 Å². The van der Waals surface area contributed by atoms with E-state index < -0.39 is 0 Å². The van der Waals surface area contributed by atoms with Gasteiger partial charge in [-0.15, -0.1) is 0 Å². The van der Waals surface area contributed by atoms with Crippen molar-refractivity contribution in [3.8, 4) is 5.75 Å². The van der Waals surface area contributed by atoms with Gasteiger partial charge in [0.05, 0.1) is 4.70 Å². The van der Waals surface area contributed by atoms with Crippen molar-refractivity contribution in [3.05, 3.63) is 27.4 Å². The lowest BCUT2D eigenvalue weighted by Gasteiger charge is -2.23. The van der Waals surface area contributed by atoms with Crippen LogP contribution in [0.1, 0.15) is 24.8 Å². The topological polar surface area (TPSA) is 62.5 Å². The maximum Gasteiger partial charge on any atom is 0.396 e. The lowest BCUT2D eigenvalue weighted by molar-refractivity contribution is 0.392. The molecule has 18 heavy (non-hydrogen) atoms. The third-order valence-corrected chi connectivity index (χ3v) is 4.20. The molecule has 1 aromatic heterocycles. The highest BCUT2D eigenvalue weighted by Crippen LogP contribution is 2.28. The van der Waals surface area contributed by atoms with Gasteiger partial charge in [0, 0.05) is 12.1 Å². The van der Waals surface area contributed by atoms with Crippen LogP contribution < -0.4 is 10.3 Å². The average Bonchev–Trinajstić information content (AvgIpc) is 2.70. The number of phenolic OH excluding ortho intramolecular Hbond substituents is 1. The van der Waals surface area contributed by atoms with Crippen LogP contribution in [-0.2, 0) is 6.42 Å². The van der Waals surface area contributed by atoms with Gasteiger partial charge >= 0.3 is 4.94 Å². The summed E-state index contributed by atoms with van der Waals surface area (Å²) in [5.41, 5.74) is 1.43. The number of fused-ring (bicyclic) bond motifs is 1. The number of aromatic hydroxyl groups is 1. The fourth-order valence-electron chi connectivity index (χ4n) is 2.48. The van der Waals surface area contributed by atoms with E-state index in [1.807, 2.05) is 0 Å². The minimum Gasteiger partial charge on any atom is -0.508 e. The van der Waals surface area contributed by atoms with E-state index in [0.29, 0.717) is 16.3 Å². The first-order valence-electron chi connectivity index (χ1n) is 6.21. The van der Waals surface area contributed by atoms with E-state index in [-0.39, 0.29) is 10.7 Å². The molecular formula is C13H15NO3S. The SMILES string of the molecule is O=c1oc2cc(CC3CCCCN3)c(O)cc2s1. The number of phenols is 1. The first-order valence-corrected chi connectivity index (χ1v) is 7.03. The zero-order chi connectivity index (χ0) is 12.5. The molecule has 0 bridgehead atoms. The molecule has 3 rings (SSSR count). The average molecular weight is 265 g/mol. The molecule has 0 aliphatic carbocycles. The highest BCUT2D eigenvalue weighted by molar-refractivity contribution is 7.16. The Hall–Kier alpha value is -1.33. The molecule has 0 saturated carbocycles. The molecule has 0 amide bonds. The molecule has 2 heterocycles. The van der Waals surface area contributed by atoms with Gasteiger partial charge in [0.25, 0.3) is 0 Å². The lowest BCUT2D eigenvalue weighted by Crippen LogP contribution is -2.35. The Balaban J connectivity index is 1.90. The molecule has 2 aromatic rings. The second kappa shape index (κ2) is 4.74. The molecule has 0 radical (unpaired) electrons. The summed E-state index contributed by atoms with van der Waals surface area (Å²) in [6.45, 7) is 1.04. The Kier molecular flexibility index (Phi) is 3.09. The number of hydrogen-bond donors (Lipinski definition) is 2. The number of benzene rings is 1. The first-order chi connectivity index (χ1) is 8.72. The number of rotatable bonds is 2. The second-order valence-corrected chi connectivity index (χ2v) is 5.71. The Bertz CT molecular complexity index is 610. The summed E-state index contributed by atoms with van der Waals surface area (Å²) in [5, 5.41) is 13.4. The summed E-state index contributed by atoms with van der Waals surface area (Å²) >= 11 is 1.02. The van der Waals surface area contributed by atoms with Gasteiger partial charge in [-0.1, -0.05) is 17.8 Å². The van der Waals surface area contributed by atoms with Crippen molar-refractivity contribution in [3.63, 3.8) is 0 Å². The van der Waals surface area contributed by atoms with Gasteiger partial charge in [0.2, 0.25) is 0 Å². The molecule has 4 nitrogen and oxygen atoms in total. The van der Waals surface area contributed by atoms with Gasteiger partial charge in [-0.3, -0.25) is 0 Å². The predicted octanol–water partition coefficient (Wildman–Crippen LogP) is 2.24. The molecule has 1 aromatic carbocycles. The standard InChI is InChI=1S/C13H15NO3S/c15-10-7-12-11(17-13(16)18-12)6-8(10)5-9-3-1-2-4-14-9/h6-7,9,14-15H,1-5H2. The number of hydrogen-bond acceptors (Lipinski definition) is 5. The van der Waals surface area contributed by atoms with Crippen molar-refractivity contribution in [2.24, 2.45) is 0 Å². The van der Waals surface area contributed by atoms with Gasteiger partial charge < -0.3 is 14.8 Å². The smallest absolute Gasteiger partial charge is 0.396 e. The third kappa shape index (κ3) is 2.28. The molecule has 1 atom stereocenters. The van der Waals surface area contributed by atoms with E-state index in [1.54, 1.807) is 12.1 Å². The maximum absolute atomic E-state index is 11.2. The molecule has 5 heteroatoms.